The number of nitrogens with zero attached hydrogens (tertiary/aromatic N) is 4. The van der Waals surface area contributed by atoms with Crippen LogP contribution in [0.3, 0.4) is 0 Å². The summed E-state index contributed by atoms with van der Waals surface area (Å²) in [5.41, 5.74) is 5.41. The van der Waals surface area contributed by atoms with Crippen molar-refractivity contribution in [3.63, 3.8) is 0 Å². The molecule has 0 radical (unpaired) electrons. The minimum Gasteiger partial charge on any atom is -0.368 e. The molecular weight excluding hydrogens is 196 g/mol. The molecular formula is C8H16N6O. The summed E-state index contributed by atoms with van der Waals surface area (Å²) in [6.45, 7) is 2.83. The van der Waals surface area contributed by atoms with Crippen molar-refractivity contribution in [3.8, 4) is 0 Å². The van der Waals surface area contributed by atoms with E-state index in [2.05, 4.69) is 15.2 Å². The van der Waals surface area contributed by atoms with Crippen LogP contribution in [0.4, 0.5) is 11.9 Å². The molecule has 0 spiro atoms. The smallest absolute Gasteiger partial charge is 0.246 e. The van der Waals surface area contributed by atoms with Crippen LogP contribution in [0.15, 0.2) is 0 Å². The van der Waals surface area contributed by atoms with E-state index in [1.165, 1.54) is 4.90 Å². The van der Waals surface area contributed by atoms with Crippen molar-refractivity contribution in [2.45, 2.75) is 6.92 Å². The number of rotatable bonds is 4. The maximum Gasteiger partial charge on any atom is 0.246 e. The van der Waals surface area contributed by atoms with Crippen molar-refractivity contribution < 1.29 is 4.79 Å². The van der Waals surface area contributed by atoms with Gasteiger partial charge in [0.05, 0.1) is 6.54 Å². The maximum atomic E-state index is 11.5. The highest BCUT2D eigenvalue weighted by atomic mass is 16.2. The summed E-state index contributed by atoms with van der Waals surface area (Å²) in [6.07, 6.45) is 0. The van der Waals surface area contributed by atoms with E-state index in [0.717, 1.165) is 0 Å². The number of likely N-dealkylation sites (N-methyl/N-ethyl adjacent to an activating group) is 2. The molecule has 0 atom stereocenters. The van der Waals surface area contributed by atoms with Gasteiger partial charge >= 0.3 is 0 Å². The minimum atomic E-state index is 0.000205. The van der Waals surface area contributed by atoms with E-state index in [1.807, 2.05) is 6.92 Å². The lowest BCUT2D eigenvalue weighted by Crippen LogP contribution is -2.37. The highest BCUT2D eigenvalue weighted by molar-refractivity contribution is 5.80. The van der Waals surface area contributed by atoms with Crippen molar-refractivity contribution in [1.29, 1.82) is 0 Å². The van der Waals surface area contributed by atoms with Gasteiger partial charge in [-0.05, 0) is 6.92 Å². The van der Waals surface area contributed by atoms with Gasteiger partial charge in [0, 0.05) is 20.6 Å². The first kappa shape index (κ1) is 11.3. The van der Waals surface area contributed by atoms with Gasteiger partial charge in [0.15, 0.2) is 0 Å². The first-order valence-corrected chi connectivity index (χ1v) is 4.67. The van der Waals surface area contributed by atoms with Crippen molar-refractivity contribution in [2.75, 3.05) is 37.8 Å². The van der Waals surface area contributed by atoms with Crippen LogP contribution in [0, 0.1) is 0 Å². The van der Waals surface area contributed by atoms with Gasteiger partial charge in [-0.25, -0.2) is 5.10 Å². The second-order valence-electron chi connectivity index (χ2n) is 3.32. The van der Waals surface area contributed by atoms with Crippen LogP contribution in [0.5, 0.6) is 0 Å². The third-order valence-corrected chi connectivity index (χ3v) is 1.98. The Balaban J connectivity index is 2.68. The summed E-state index contributed by atoms with van der Waals surface area (Å²) in [5.74, 6) is 0.700. The molecule has 3 N–H and O–H groups in total. The van der Waals surface area contributed by atoms with Crippen LogP contribution < -0.4 is 10.6 Å². The highest BCUT2D eigenvalue weighted by Crippen LogP contribution is 2.07. The average molecular weight is 212 g/mol. The van der Waals surface area contributed by atoms with Crippen molar-refractivity contribution >= 4 is 17.8 Å². The SMILES string of the molecule is CCN(CC(=O)N(C)C)c1n[nH]c(N)n1. The van der Waals surface area contributed by atoms with Gasteiger partial charge in [0.2, 0.25) is 17.8 Å². The lowest BCUT2D eigenvalue weighted by Gasteiger charge is -2.20. The highest BCUT2D eigenvalue weighted by Gasteiger charge is 2.14. The van der Waals surface area contributed by atoms with Gasteiger partial charge in [-0.15, -0.1) is 5.10 Å². The molecule has 1 aromatic rings. The number of carbonyl (C=O) groups is 1. The summed E-state index contributed by atoms with van der Waals surface area (Å²) >= 11 is 0. The fourth-order valence-corrected chi connectivity index (χ4v) is 1.04. The second kappa shape index (κ2) is 4.63. The van der Waals surface area contributed by atoms with E-state index in [0.29, 0.717) is 12.5 Å². The predicted molar refractivity (Wildman–Crippen MR) is 57.4 cm³/mol. The molecule has 1 aromatic heterocycles. The summed E-state index contributed by atoms with van der Waals surface area (Å²) in [4.78, 5) is 18.7. The molecule has 7 heteroatoms. The third kappa shape index (κ3) is 2.83. The van der Waals surface area contributed by atoms with Crippen molar-refractivity contribution in [3.05, 3.63) is 0 Å². The average Bonchev–Trinajstić information content (AvgIpc) is 2.60. The lowest BCUT2D eigenvalue weighted by molar-refractivity contribution is -0.127. The van der Waals surface area contributed by atoms with Crippen molar-refractivity contribution in [2.24, 2.45) is 0 Å². The number of anilines is 2. The van der Waals surface area contributed by atoms with Crippen molar-refractivity contribution in [1.82, 2.24) is 20.1 Å². The van der Waals surface area contributed by atoms with E-state index in [9.17, 15) is 4.79 Å². The number of hydrogen-bond acceptors (Lipinski definition) is 5. The van der Waals surface area contributed by atoms with Crippen LogP contribution in [0.25, 0.3) is 0 Å². The van der Waals surface area contributed by atoms with Crippen LogP contribution in [0.2, 0.25) is 0 Å². The Morgan fingerprint density at radius 1 is 1.53 bits per heavy atom. The Labute approximate surface area is 88.3 Å². The lowest BCUT2D eigenvalue weighted by atomic mass is 10.4. The number of nitrogens with one attached hydrogen (secondary N) is 1. The van der Waals surface area contributed by atoms with Crippen LogP contribution in [-0.2, 0) is 4.79 Å². The monoisotopic (exact) mass is 212 g/mol. The molecule has 0 fully saturated rings. The Bertz CT molecular complexity index is 334. The van der Waals surface area contributed by atoms with E-state index >= 15 is 0 Å². The zero-order valence-corrected chi connectivity index (χ0v) is 9.19. The van der Waals surface area contributed by atoms with Crippen LogP contribution in [-0.4, -0.2) is 53.2 Å². The molecule has 0 aromatic carbocycles. The largest absolute Gasteiger partial charge is 0.368 e. The molecule has 0 bridgehead atoms. The predicted octanol–water partition coefficient (Wildman–Crippen LogP) is -0.699. The molecule has 0 unspecified atom stereocenters. The maximum absolute atomic E-state index is 11.5. The number of H-pyrrole nitrogens is 1. The Kier molecular flexibility index (Phi) is 3.48. The van der Waals surface area contributed by atoms with Crippen LogP contribution in [0.1, 0.15) is 6.92 Å². The molecule has 1 heterocycles. The molecule has 0 aliphatic carbocycles. The molecule has 0 aliphatic heterocycles. The quantitative estimate of drug-likeness (QED) is 0.688. The zero-order valence-electron chi connectivity index (χ0n) is 9.19. The van der Waals surface area contributed by atoms with E-state index in [4.69, 9.17) is 5.73 Å². The Morgan fingerprint density at radius 2 is 2.20 bits per heavy atom. The summed E-state index contributed by atoms with van der Waals surface area (Å²) in [5, 5.41) is 6.43. The molecule has 0 aliphatic rings. The number of hydrogen-bond donors (Lipinski definition) is 2. The van der Waals surface area contributed by atoms with E-state index in [1.54, 1.807) is 19.0 Å². The van der Waals surface area contributed by atoms with Gasteiger partial charge < -0.3 is 15.5 Å². The van der Waals surface area contributed by atoms with Gasteiger partial charge in [0.25, 0.3) is 0 Å². The van der Waals surface area contributed by atoms with Gasteiger partial charge in [-0.1, -0.05) is 0 Å². The Morgan fingerprint density at radius 3 is 2.60 bits per heavy atom. The molecule has 84 valence electrons. The second-order valence-corrected chi connectivity index (χ2v) is 3.32. The fourth-order valence-electron chi connectivity index (χ4n) is 1.04. The molecule has 7 nitrogen and oxygen atoms in total. The first-order chi connectivity index (χ1) is 7.04. The van der Waals surface area contributed by atoms with Gasteiger partial charge in [-0.3, -0.25) is 4.79 Å². The molecule has 15 heavy (non-hydrogen) atoms. The molecule has 1 rings (SSSR count). The summed E-state index contributed by atoms with van der Waals surface area (Å²) < 4.78 is 0. The molecule has 0 saturated heterocycles. The standard InChI is InChI=1S/C8H16N6O/c1-4-14(5-6(15)13(2)3)8-10-7(9)11-12-8/h4-5H2,1-3H3,(H3,9,10,11,12). The summed E-state index contributed by atoms with van der Waals surface area (Å²) in [6, 6.07) is 0. The zero-order chi connectivity index (χ0) is 11.4. The number of aromatic amines is 1. The first-order valence-electron chi connectivity index (χ1n) is 4.67. The number of nitrogen functional groups attached to an aromatic ring is 1. The Hall–Kier alpha value is -1.79. The number of nitrogens with two attached hydrogens (primary N) is 1. The van der Waals surface area contributed by atoms with Gasteiger partial charge in [0.1, 0.15) is 0 Å². The number of amides is 1. The molecule has 0 saturated carbocycles. The number of carbonyl (C=O) groups excluding carboxylic acids is 1. The van der Waals surface area contributed by atoms with E-state index < -0.39 is 0 Å². The third-order valence-electron chi connectivity index (χ3n) is 1.98. The van der Waals surface area contributed by atoms with Crippen LogP contribution >= 0.6 is 0 Å². The minimum absolute atomic E-state index is 0.000205. The topological polar surface area (TPSA) is 91.1 Å². The summed E-state index contributed by atoms with van der Waals surface area (Å²) in [7, 11) is 3.42. The van der Waals surface area contributed by atoms with E-state index in [-0.39, 0.29) is 18.4 Å². The van der Waals surface area contributed by atoms with Gasteiger partial charge in [-0.2, -0.15) is 4.98 Å². The number of aromatic nitrogens is 3. The fraction of sp³-hybridized carbons (Fsp3) is 0.625. The molecule has 1 amide bonds. The normalized spacial score (nSPS) is 10.1.